The summed E-state index contributed by atoms with van der Waals surface area (Å²) in [5.41, 5.74) is 0.0866. The van der Waals surface area contributed by atoms with Crippen LogP contribution in [0.4, 0.5) is 0 Å². The summed E-state index contributed by atoms with van der Waals surface area (Å²) >= 11 is 5.65. The van der Waals surface area contributed by atoms with Gasteiger partial charge in [-0.05, 0) is 6.42 Å². The molecule has 2 nitrogen and oxygen atoms in total. The Hall–Kier alpha value is -0.500. The van der Waals surface area contributed by atoms with E-state index >= 15 is 0 Å². The maximum atomic E-state index is 10.2. The molecule has 0 fully saturated rings. The average molecular weight is 163 g/mol. The number of carboxylic acids is 1. The first kappa shape index (κ1) is 9.50. The van der Waals surface area contributed by atoms with Crippen molar-refractivity contribution in [2.45, 2.75) is 25.1 Å². The molecule has 0 rings (SSSR count). The van der Waals surface area contributed by atoms with Crippen molar-refractivity contribution >= 4 is 17.6 Å². The van der Waals surface area contributed by atoms with Gasteiger partial charge in [0.15, 0.2) is 0 Å². The molecule has 0 spiro atoms. The second-order valence-electron chi connectivity index (χ2n) is 2.09. The van der Waals surface area contributed by atoms with E-state index in [2.05, 4.69) is 6.58 Å². The number of alkyl halides is 1. The fourth-order valence-corrected chi connectivity index (χ4v) is 0.873. The minimum atomic E-state index is -1.01. The van der Waals surface area contributed by atoms with Crippen LogP contribution in [0.15, 0.2) is 12.2 Å². The molecule has 58 valence electrons. The van der Waals surface area contributed by atoms with Crippen molar-refractivity contribution in [3.63, 3.8) is 0 Å². The Kier molecular flexibility index (Phi) is 4.12. The predicted molar refractivity (Wildman–Crippen MR) is 41.3 cm³/mol. The standard InChI is InChI=1S/C7H11ClO2/c1-3-4-6(8)5(2)7(9)10/h6H,2-4H2,1H3,(H,9,10). The highest BCUT2D eigenvalue weighted by Crippen LogP contribution is 2.13. The SMILES string of the molecule is C=C(C(=O)O)C(Cl)CCC. The van der Waals surface area contributed by atoms with Crippen LogP contribution in [-0.2, 0) is 4.79 Å². The first-order valence-corrected chi connectivity index (χ1v) is 3.59. The van der Waals surface area contributed by atoms with E-state index in [1.807, 2.05) is 6.92 Å². The Morgan fingerprint density at radius 2 is 2.30 bits per heavy atom. The van der Waals surface area contributed by atoms with Crippen molar-refractivity contribution < 1.29 is 9.90 Å². The lowest BCUT2D eigenvalue weighted by atomic mass is 10.1. The van der Waals surface area contributed by atoms with Crippen molar-refractivity contribution in [3.05, 3.63) is 12.2 Å². The molecule has 0 aliphatic heterocycles. The minimum Gasteiger partial charge on any atom is -0.478 e. The van der Waals surface area contributed by atoms with Crippen LogP contribution in [-0.4, -0.2) is 16.5 Å². The van der Waals surface area contributed by atoms with Crippen molar-refractivity contribution in [1.29, 1.82) is 0 Å². The van der Waals surface area contributed by atoms with Gasteiger partial charge in [-0.1, -0.05) is 19.9 Å². The zero-order chi connectivity index (χ0) is 8.15. The summed E-state index contributed by atoms with van der Waals surface area (Å²) in [6.45, 7) is 5.29. The molecule has 1 atom stereocenters. The second-order valence-corrected chi connectivity index (χ2v) is 2.61. The van der Waals surface area contributed by atoms with E-state index in [0.29, 0.717) is 6.42 Å². The van der Waals surface area contributed by atoms with E-state index in [9.17, 15) is 4.79 Å². The Labute approximate surface area is 65.5 Å². The molecule has 1 unspecified atom stereocenters. The highest BCUT2D eigenvalue weighted by Gasteiger charge is 2.13. The van der Waals surface area contributed by atoms with Crippen molar-refractivity contribution in [2.75, 3.05) is 0 Å². The van der Waals surface area contributed by atoms with Crippen LogP contribution in [0.1, 0.15) is 19.8 Å². The van der Waals surface area contributed by atoms with E-state index in [4.69, 9.17) is 16.7 Å². The Bertz CT molecular complexity index is 143. The van der Waals surface area contributed by atoms with Crippen LogP contribution in [0, 0.1) is 0 Å². The summed E-state index contributed by atoms with van der Waals surface area (Å²) in [6.07, 6.45) is 1.55. The lowest BCUT2D eigenvalue weighted by Crippen LogP contribution is -2.10. The smallest absolute Gasteiger partial charge is 0.332 e. The lowest BCUT2D eigenvalue weighted by Gasteiger charge is -2.05. The van der Waals surface area contributed by atoms with E-state index in [-0.39, 0.29) is 5.57 Å². The largest absolute Gasteiger partial charge is 0.478 e. The number of carboxylic acid groups (broad SMARTS) is 1. The van der Waals surface area contributed by atoms with Gasteiger partial charge in [-0.2, -0.15) is 0 Å². The molecule has 0 amide bonds. The van der Waals surface area contributed by atoms with Gasteiger partial charge < -0.3 is 5.11 Å². The van der Waals surface area contributed by atoms with E-state index < -0.39 is 11.3 Å². The molecule has 0 aliphatic carbocycles. The summed E-state index contributed by atoms with van der Waals surface area (Å²) < 4.78 is 0. The van der Waals surface area contributed by atoms with Crippen molar-refractivity contribution in [1.82, 2.24) is 0 Å². The van der Waals surface area contributed by atoms with Crippen LogP contribution in [0.2, 0.25) is 0 Å². The average Bonchev–Trinajstić information content (AvgIpc) is 1.87. The number of carbonyl (C=O) groups is 1. The van der Waals surface area contributed by atoms with Gasteiger partial charge in [-0.15, -0.1) is 11.6 Å². The fourth-order valence-electron chi connectivity index (χ4n) is 0.562. The highest BCUT2D eigenvalue weighted by molar-refractivity contribution is 6.24. The van der Waals surface area contributed by atoms with Gasteiger partial charge in [0, 0.05) is 5.57 Å². The molecule has 0 aromatic rings. The van der Waals surface area contributed by atoms with Gasteiger partial charge >= 0.3 is 5.97 Å². The fraction of sp³-hybridized carbons (Fsp3) is 0.571. The third kappa shape index (κ3) is 2.87. The third-order valence-electron chi connectivity index (χ3n) is 1.19. The molecule has 0 aromatic carbocycles. The maximum absolute atomic E-state index is 10.2. The number of aliphatic carboxylic acids is 1. The first-order chi connectivity index (χ1) is 4.59. The highest BCUT2D eigenvalue weighted by atomic mass is 35.5. The van der Waals surface area contributed by atoms with Gasteiger partial charge in [0.05, 0.1) is 5.38 Å². The maximum Gasteiger partial charge on any atom is 0.332 e. The zero-order valence-electron chi connectivity index (χ0n) is 5.93. The van der Waals surface area contributed by atoms with Crippen molar-refractivity contribution in [2.24, 2.45) is 0 Å². The quantitative estimate of drug-likeness (QED) is 0.508. The normalized spacial score (nSPS) is 12.6. The number of hydrogen-bond acceptors (Lipinski definition) is 1. The molecular weight excluding hydrogens is 152 g/mol. The van der Waals surface area contributed by atoms with Gasteiger partial charge in [0.1, 0.15) is 0 Å². The molecule has 0 saturated carbocycles. The van der Waals surface area contributed by atoms with Gasteiger partial charge in [-0.3, -0.25) is 0 Å². The van der Waals surface area contributed by atoms with Gasteiger partial charge in [-0.25, -0.2) is 4.79 Å². The molecule has 1 N–H and O–H groups in total. The molecule has 0 radical (unpaired) electrons. The van der Waals surface area contributed by atoms with Crippen LogP contribution in [0.3, 0.4) is 0 Å². The number of halogens is 1. The van der Waals surface area contributed by atoms with Crippen LogP contribution >= 0.6 is 11.6 Å². The van der Waals surface area contributed by atoms with Gasteiger partial charge in [0.2, 0.25) is 0 Å². The zero-order valence-corrected chi connectivity index (χ0v) is 6.69. The Morgan fingerprint density at radius 1 is 1.80 bits per heavy atom. The van der Waals surface area contributed by atoms with E-state index in [0.717, 1.165) is 6.42 Å². The van der Waals surface area contributed by atoms with E-state index in [1.54, 1.807) is 0 Å². The molecule has 10 heavy (non-hydrogen) atoms. The summed E-state index contributed by atoms with van der Waals surface area (Å²) in [4.78, 5) is 10.2. The molecular formula is C7H11ClO2. The molecule has 0 heterocycles. The van der Waals surface area contributed by atoms with Crippen LogP contribution in [0.5, 0.6) is 0 Å². The summed E-state index contributed by atoms with van der Waals surface area (Å²) in [5.74, 6) is -1.01. The summed E-state index contributed by atoms with van der Waals surface area (Å²) in [5, 5.41) is 7.98. The Morgan fingerprint density at radius 3 is 2.60 bits per heavy atom. The van der Waals surface area contributed by atoms with Crippen LogP contribution < -0.4 is 0 Å². The first-order valence-electron chi connectivity index (χ1n) is 3.15. The molecule has 0 aromatic heterocycles. The monoisotopic (exact) mass is 162 g/mol. The molecule has 0 bridgehead atoms. The van der Waals surface area contributed by atoms with Crippen molar-refractivity contribution in [3.8, 4) is 0 Å². The van der Waals surface area contributed by atoms with E-state index in [1.165, 1.54) is 0 Å². The molecule has 0 aliphatic rings. The number of hydrogen-bond donors (Lipinski definition) is 1. The lowest BCUT2D eigenvalue weighted by molar-refractivity contribution is -0.132. The summed E-state index contributed by atoms with van der Waals surface area (Å²) in [7, 11) is 0. The molecule has 3 heteroatoms. The predicted octanol–water partition coefficient (Wildman–Crippen LogP) is 2.03. The minimum absolute atomic E-state index is 0.0866. The summed E-state index contributed by atoms with van der Waals surface area (Å²) in [6, 6.07) is 0. The number of rotatable bonds is 4. The third-order valence-corrected chi connectivity index (χ3v) is 1.68. The van der Waals surface area contributed by atoms with Gasteiger partial charge in [0.25, 0.3) is 0 Å². The van der Waals surface area contributed by atoms with Crippen LogP contribution in [0.25, 0.3) is 0 Å². The Balaban J connectivity index is 3.82. The topological polar surface area (TPSA) is 37.3 Å². The molecule has 0 saturated heterocycles. The second kappa shape index (κ2) is 4.34.